The van der Waals surface area contributed by atoms with Crippen LogP contribution < -0.4 is 9.47 Å². The Bertz CT molecular complexity index is 1070. The first kappa shape index (κ1) is 22.9. The topological polar surface area (TPSA) is 65.8 Å². The maximum Gasteiger partial charge on any atom is 0.228 e. The summed E-state index contributed by atoms with van der Waals surface area (Å²) in [5.74, 6) is 1.87. The molecule has 0 N–H and O–H groups in total. The first-order valence-corrected chi connectivity index (χ1v) is 11.4. The molecule has 1 fully saturated rings. The third-order valence-corrected chi connectivity index (χ3v) is 5.87. The highest BCUT2D eigenvalue weighted by Gasteiger charge is 2.27. The summed E-state index contributed by atoms with van der Waals surface area (Å²) < 4.78 is 19.5. The fourth-order valence-electron chi connectivity index (χ4n) is 4.08. The second-order valence-electron chi connectivity index (χ2n) is 8.13. The Labute approximate surface area is 194 Å². The van der Waals surface area contributed by atoms with Gasteiger partial charge in [-0.25, -0.2) is 4.68 Å². The van der Waals surface area contributed by atoms with Crippen molar-refractivity contribution < 1.29 is 19.0 Å². The Morgan fingerprint density at radius 2 is 1.88 bits per heavy atom. The van der Waals surface area contributed by atoms with Crippen LogP contribution in [-0.4, -0.2) is 47.0 Å². The molecule has 0 radical (unpaired) electrons. The van der Waals surface area contributed by atoms with Crippen LogP contribution >= 0.6 is 0 Å². The Morgan fingerprint density at radius 3 is 2.55 bits per heavy atom. The van der Waals surface area contributed by atoms with E-state index in [1.54, 1.807) is 11.8 Å². The van der Waals surface area contributed by atoms with Crippen molar-refractivity contribution in [3.63, 3.8) is 0 Å². The van der Waals surface area contributed by atoms with Crippen molar-refractivity contribution in [1.82, 2.24) is 14.7 Å². The Kier molecular flexibility index (Phi) is 7.29. The van der Waals surface area contributed by atoms with Crippen LogP contribution in [0, 0.1) is 6.92 Å². The van der Waals surface area contributed by atoms with Gasteiger partial charge < -0.3 is 19.1 Å². The molecule has 2 heterocycles. The molecule has 3 aromatic rings. The summed E-state index contributed by atoms with van der Waals surface area (Å²) in [6, 6.07) is 17.4. The first-order valence-electron chi connectivity index (χ1n) is 11.4. The number of ether oxygens (including phenoxy) is 3. The van der Waals surface area contributed by atoms with E-state index in [4.69, 9.17) is 19.3 Å². The van der Waals surface area contributed by atoms with Gasteiger partial charge in [0.05, 0.1) is 36.7 Å². The molecule has 0 aliphatic carbocycles. The summed E-state index contributed by atoms with van der Waals surface area (Å²) >= 11 is 0. The molecule has 33 heavy (non-hydrogen) atoms. The number of aromatic nitrogens is 2. The second-order valence-corrected chi connectivity index (χ2v) is 8.13. The van der Waals surface area contributed by atoms with E-state index in [2.05, 4.69) is 0 Å². The number of carbonyl (C=O) groups is 1. The van der Waals surface area contributed by atoms with Crippen LogP contribution in [0.4, 0.5) is 0 Å². The van der Waals surface area contributed by atoms with Crippen LogP contribution in [-0.2, 0) is 16.1 Å². The summed E-state index contributed by atoms with van der Waals surface area (Å²) in [7, 11) is 1.62. The highest BCUT2D eigenvalue weighted by molar-refractivity contribution is 5.76. The zero-order chi connectivity index (χ0) is 23.2. The molecule has 1 aromatic heterocycles. The van der Waals surface area contributed by atoms with Crippen LogP contribution in [0.15, 0.2) is 54.6 Å². The van der Waals surface area contributed by atoms with Crippen LogP contribution in [0.3, 0.4) is 0 Å². The normalized spacial score (nSPS) is 15.4. The second kappa shape index (κ2) is 10.5. The zero-order valence-electron chi connectivity index (χ0n) is 19.5. The van der Waals surface area contributed by atoms with Crippen LogP contribution in [0.1, 0.15) is 37.4 Å². The van der Waals surface area contributed by atoms with E-state index in [-0.39, 0.29) is 12.0 Å². The number of carbonyl (C=O) groups excluding carboxylic acids is 1. The van der Waals surface area contributed by atoms with Crippen LogP contribution in [0.5, 0.6) is 17.4 Å². The molecule has 1 amide bonds. The van der Waals surface area contributed by atoms with E-state index in [0.29, 0.717) is 36.9 Å². The number of nitrogens with zero attached hydrogens (tertiary/aromatic N) is 3. The SMILES string of the molecule is CCC(=O)N(Cc1c(C)nn(-c2ccccc2)c1Oc1ccccc1OC)CC1CCCO1. The predicted octanol–water partition coefficient (Wildman–Crippen LogP) is 4.90. The number of hydrogen-bond donors (Lipinski definition) is 0. The number of benzene rings is 2. The van der Waals surface area contributed by atoms with Gasteiger partial charge in [0.1, 0.15) is 0 Å². The van der Waals surface area contributed by atoms with Crippen molar-refractivity contribution >= 4 is 5.91 Å². The van der Waals surface area contributed by atoms with Gasteiger partial charge in [-0.3, -0.25) is 4.79 Å². The number of hydrogen-bond acceptors (Lipinski definition) is 5. The molecular formula is C26H31N3O4. The lowest BCUT2D eigenvalue weighted by Crippen LogP contribution is -2.36. The standard InChI is InChI=1S/C26H31N3O4/c1-4-25(30)28(17-21-13-10-16-32-21)18-22-19(2)27-29(20-11-6-5-7-12-20)26(22)33-24-15-9-8-14-23(24)31-3/h5-9,11-12,14-15,21H,4,10,13,16-18H2,1-3H3. The molecule has 7 nitrogen and oxygen atoms in total. The van der Waals surface area contributed by atoms with Gasteiger partial charge in [-0.1, -0.05) is 37.3 Å². The fourth-order valence-corrected chi connectivity index (χ4v) is 4.08. The quantitative estimate of drug-likeness (QED) is 0.465. The minimum Gasteiger partial charge on any atom is -0.493 e. The van der Waals surface area contributed by atoms with Gasteiger partial charge in [0.2, 0.25) is 11.8 Å². The third-order valence-electron chi connectivity index (χ3n) is 5.87. The highest BCUT2D eigenvalue weighted by atomic mass is 16.5. The molecule has 0 saturated carbocycles. The minimum absolute atomic E-state index is 0.0727. The summed E-state index contributed by atoms with van der Waals surface area (Å²) in [5.41, 5.74) is 2.55. The molecule has 4 rings (SSSR count). The van der Waals surface area contributed by atoms with Crippen molar-refractivity contribution in [2.75, 3.05) is 20.3 Å². The van der Waals surface area contributed by atoms with Gasteiger partial charge in [-0.05, 0) is 44.0 Å². The average Bonchev–Trinajstić information content (AvgIpc) is 3.47. The van der Waals surface area contributed by atoms with Crippen molar-refractivity contribution in [1.29, 1.82) is 0 Å². The van der Waals surface area contributed by atoms with Crippen molar-refractivity contribution in [3.05, 3.63) is 65.9 Å². The highest BCUT2D eigenvalue weighted by Crippen LogP contribution is 2.36. The van der Waals surface area contributed by atoms with Crippen molar-refractivity contribution in [2.45, 2.75) is 45.8 Å². The maximum atomic E-state index is 12.8. The Morgan fingerprint density at radius 1 is 1.15 bits per heavy atom. The molecule has 174 valence electrons. The molecule has 0 bridgehead atoms. The van der Waals surface area contributed by atoms with E-state index < -0.39 is 0 Å². The molecule has 7 heteroatoms. The maximum absolute atomic E-state index is 12.8. The minimum atomic E-state index is 0.0727. The van der Waals surface area contributed by atoms with E-state index in [0.717, 1.165) is 36.4 Å². The lowest BCUT2D eigenvalue weighted by molar-refractivity contribution is -0.133. The van der Waals surface area contributed by atoms with Gasteiger partial charge in [-0.15, -0.1) is 0 Å². The van der Waals surface area contributed by atoms with Gasteiger partial charge in [0, 0.05) is 19.6 Å². The van der Waals surface area contributed by atoms with E-state index >= 15 is 0 Å². The third kappa shape index (κ3) is 5.20. The first-order chi connectivity index (χ1) is 16.1. The lowest BCUT2D eigenvalue weighted by Gasteiger charge is -2.25. The lowest BCUT2D eigenvalue weighted by atomic mass is 10.1. The van der Waals surface area contributed by atoms with Gasteiger partial charge in [0.25, 0.3) is 0 Å². The summed E-state index contributed by atoms with van der Waals surface area (Å²) in [5, 5.41) is 4.78. The van der Waals surface area contributed by atoms with Gasteiger partial charge in [0.15, 0.2) is 11.5 Å². The Balaban J connectivity index is 1.74. The van der Waals surface area contributed by atoms with Crippen LogP contribution in [0.2, 0.25) is 0 Å². The van der Waals surface area contributed by atoms with Crippen molar-refractivity contribution in [2.24, 2.45) is 0 Å². The average molecular weight is 450 g/mol. The molecule has 1 unspecified atom stereocenters. The largest absolute Gasteiger partial charge is 0.493 e. The number of para-hydroxylation sites is 3. The molecule has 0 spiro atoms. The molecule has 1 aliphatic heterocycles. The zero-order valence-corrected chi connectivity index (χ0v) is 19.5. The van der Waals surface area contributed by atoms with Gasteiger partial charge in [-0.2, -0.15) is 5.10 Å². The molecule has 1 aliphatic rings. The van der Waals surface area contributed by atoms with E-state index in [1.807, 2.05) is 73.3 Å². The number of methoxy groups -OCH3 is 1. The number of rotatable bonds is 9. The number of aryl methyl sites for hydroxylation is 1. The summed E-state index contributed by atoms with van der Waals surface area (Å²) in [6.45, 7) is 5.56. The molecule has 1 saturated heterocycles. The summed E-state index contributed by atoms with van der Waals surface area (Å²) in [4.78, 5) is 14.7. The predicted molar refractivity (Wildman–Crippen MR) is 126 cm³/mol. The van der Waals surface area contributed by atoms with Crippen molar-refractivity contribution in [3.8, 4) is 23.1 Å². The monoisotopic (exact) mass is 449 g/mol. The molecular weight excluding hydrogens is 418 g/mol. The van der Waals surface area contributed by atoms with E-state index in [1.165, 1.54) is 0 Å². The van der Waals surface area contributed by atoms with Crippen LogP contribution in [0.25, 0.3) is 5.69 Å². The summed E-state index contributed by atoms with van der Waals surface area (Å²) in [6.07, 6.45) is 2.51. The Hall–Kier alpha value is -3.32. The smallest absolute Gasteiger partial charge is 0.228 e. The molecule has 2 aromatic carbocycles. The molecule has 1 atom stereocenters. The van der Waals surface area contributed by atoms with E-state index in [9.17, 15) is 4.79 Å². The number of amides is 1. The van der Waals surface area contributed by atoms with Gasteiger partial charge >= 0.3 is 0 Å². The fraction of sp³-hybridized carbons (Fsp3) is 0.385.